The van der Waals surface area contributed by atoms with Crippen molar-refractivity contribution in [3.63, 3.8) is 0 Å². The third-order valence-electron chi connectivity index (χ3n) is 10.9. The normalized spacial score (nSPS) is 29.9. The van der Waals surface area contributed by atoms with Gasteiger partial charge in [-0.05, 0) is 61.6 Å². The van der Waals surface area contributed by atoms with Gasteiger partial charge < -0.3 is 4.90 Å². The van der Waals surface area contributed by atoms with Crippen LogP contribution in [0.25, 0.3) is 0 Å². The Balaban J connectivity index is 1.50. The lowest BCUT2D eigenvalue weighted by Crippen LogP contribution is -2.68. The number of hydrogen-bond donors (Lipinski definition) is 0. The monoisotopic (exact) mass is 613 g/mol. The predicted molar refractivity (Wildman–Crippen MR) is 172 cm³/mol. The molecule has 4 aliphatic rings. The van der Waals surface area contributed by atoms with Crippen molar-refractivity contribution in [2.45, 2.75) is 110 Å². The minimum absolute atomic E-state index is 0.0180. The van der Waals surface area contributed by atoms with E-state index in [0.717, 1.165) is 50.6 Å². The highest BCUT2D eigenvalue weighted by Gasteiger charge is 2.60. The summed E-state index contributed by atoms with van der Waals surface area (Å²) in [6.45, 7) is 13.1. The maximum absolute atomic E-state index is 15.1. The summed E-state index contributed by atoms with van der Waals surface area (Å²) in [5.74, 6) is -0.0954. The quantitative estimate of drug-likeness (QED) is 0.342. The van der Waals surface area contributed by atoms with Crippen LogP contribution in [0.2, 0.25) is 5.02 Å². The Hall–Kier alpha value is -1.96. The fraction of sp³-hybridized carbons (Fsp3) is 0.743. The third kappa shape index (κ3) is 6.55. The first kappa shape index (κ1) is 32.4. The average molecular weight is 614 g/mol. The Kier molecular flexibility index (Phi) is 9.12. The molecule has 43 heavy (non-hydrogen) atoms. The molecule has 238 valence electrons. The van der Waals surface area contributed by atoms with Crippen LogP contribution in [0.1, 0.15) is 97.5 Å². The first-order valence-corrected chi connectivity index (χ1v) is 17.0. The van der Waals surface area contributed by atoms with Crippen molar-refractivity contribution < 1.29 is 18.9 Å². The van der Waals surface area contributed by atoms with Crippen LogP contribution in [0, 0.1) is 16.7 Å². The smallest absolute Gasteiger partial charge is 0.333 e. The van der Waals surface area contributed by atoms with Gasteiger partial charge in [0.15, 0.2) is 0 Å². The average Bonchev–Trinajstić information content (AvgIpc) is 3.56. The summed E-state index contributed by atoms with van der Waals surface area (Å²) in [7, 11) is 3.54. The zero-order chi connectivity index (χ0) is 31.3. The van der Waals surface area contributed by atoms with Crippen LogP contribution in [-0.4, -0.2) is 95.4 Å². The van der Waals surface area contributed by atoms with Crippen molar-refractivity contribution >= 4 is 29.4 Å². The van der Waals surface area contributed by atoms with Crippen LogP contribution >= 0.6 is 11.6 Å². The van der Waals surface area contributed by atoms with Crippen molar-refractivity contribution in [1.82, 2.24) is 14.7 Å². The Morgan fingerprint density at radius 3 is 2.16 bits per heavy atom. The molecule has 4 fully saturated rings. The number of carbonyl (C=O) groups is 3. The van der Waals surface area contributed by atoms with E-state index in [2.05, 4.69) is 35.8 Å². The number of rotatable bonds is 6. The first-order valence-electron chi connectivity index (χ1n) is 16.6. The van der Waals surface area contributed by atoms with Gasteiger partial charge in [-0.15, -0.1) is 0 Å². The van der Waals surface area contributed by atoms with Gasteiger partial charge in [0.1, 0.15) is 6.04 Å². The number of halogens is 1. The molecule has 2 saturated heterocycles. The number of carbonyl (C=O) groups excluding carboxylic acids is 3. The number of amides is 4. The van der Waals surface area contributed by atoms with E-state index >= 15 is 4.79 Å². The van der Waals surface area contributed by atoms with E-state index in [-0.39, 0.29) is 51.7 Å². The van der Waals surface area contributed by atoms with Crippen LogP contribution in [0.15, 0.2) is 24.3 Å². The molecule has 2 saturated carbocycles. The second kappa shape index (κ2) is 12.1. The standard InChI is InChI=1S/C35H54ClN4O3/c1-34(2,3)32(42)39(27-16-18-35(4,5)19-17-27)21-28-9-8-20-40(28,33(43)37(6)7)31(41)30-23-38(26-14-15-26)22-29(30)24-10-12-25(36)13-11-24/h10-13,26-30H,8-9,14-23H2,1-7H3/q+1/t28?,29-,30+,40?/m0/s1. The molecule has 2 heterocycles. The van der Waals surface area contributed by atoms with Gasteiger partial charge >= 0.3 is 11.9 Å². The van der Waals surface area contributed by atoms with Crippen LogP contribution in [0.3, 0.4) is 0 Å². The molecule has 0 aromatic heterocycles. The van der Waals surface area contributed by atoms with E-state index in [1.54, 1.807) is 19.0 Å². The third-order valence-corrected chi connectivity index (χ3v) is 11.1. The van der Waals surface area contributed by atoms with Crippen molar-refractivity contribution in [1.29, 1.82) is 0 Å². The highest BCUT2D eigenvalue weighted by atomic mass is 35.5. The van der Waals surface area contributed by atoms with E-state index < -0.39 is 5.41 Å². The fourth-order valence-electron chi connectivity index (χ4n) is 8.12. The molecule has 4 amide bonds. The molecule has 5 rings (SSSR count). The molecule has 7 nitrogen and oxygen atoms in total. The van der Waals surface area contributed by atoms with E-state index in [4.69, 9.17) is 11.6 Å². The summed E-state index contributed by atoms with van der Waals surface area (Å²) in [6.07, 6.45) is 8.01. The van der Waals surface area contributed by atoms with Gasteiger partial charge in [0.25, 0.3) is 0 Å². The molecule has 2 aliphatic carbocycles. The molecule has 8 heteroatoms. The summed E-state index contributed by atoms with van der Waals surface area (Å²) in [4.78, 5) is 49.7. The lowest BCUT2D eigenvalue weighted by Gasteiger charge is -2.45. The van der Waals surface area contributed by atoms with Gasteiger partial charge in [-0.25, -0.2) is 9.59 Å². The lowest BCUT2D eigenvalue weighted by molar-refractivity contribution is -0.792. The zero-order valence-electron chi connectivity index (χ0n) is 27.6. The van der Waals surface area contributed by atoms with Gasteiger partial charge in [-0.1, -0.05) is 58.4 Å². The Labute approximate surface area is 264 Å². The van der Waals surface area contributed by atoms with Crippen LogP contribution in [0.5, 0.6) is 0 Å². The SMILES string of the molecule is CN(C)C(=O)[N+]1(C(=O)[C@@H]2CN(C3CC3)C[C@H]2c2ccc(Cl)cc2)CCCC1CN(C(=O)C(C)(C)C)C1CCC(C)(C)CC1. The first-order chi connectivity index (χ1) is 20.1. The highest BCUT2D eigenvalue weighted by molar-refractivity contribution is 6.30. The molecule has 1 aromatic carbocycles. The molecular formula is C35H54ClN4O3+. The molecule has 1 aromatic rings. The van der Waals surface area contributed by atoms with Crippen molar-refractivity contribution in [2.75, 3.05) is 40.3 Å². The fourth-order valence-corrected chi connectivity index (χ4v) is 8.25. The highest BCUT2D eigenvalue weighted by Crippen LogP contribution is 2.44. The largest absolute Gasteiger partial charge is 0.426 e. The van der Waals surface area contributed by atoms with Gasteiger partial charge in [0, 0.05) is 68.5 Å². The van der Waals surface area contributed by atoms with Gasteiger partial charge in [-0.2, -0.15) is 4.48 Å². The van der Waals surface area contributed by atoms with Crippen molar-refractivity contribution in [2.24, 2.45) is 16.7 Å². The van der Waals surface area contributed by atoms with E-state index in [0.29, 0.717) is 30.7 Å². The van der Waals surface area contributed by atoms with Crippen LogP contribution < -0.4 is 0 Å². The predicted octanol–water partition coefficient (Wildman–Crippen LogP) is 6.55. The number of quaternary nitrogens is 1. The Morgan fingerprint density at radius 2 is 1.60 bits per heavy atom. The summed E-state index contributed by atoms with van der Waals surface area (Å²) in [5, 5.41) is 0.685. The second-order valence-electron chi connectivity index (χ2n) is 16.0. The molecule has 2 unspecified atom stereocenters. The molecule has 0 N–H and O–H groups in total. The summed E-state index contributed by atoms with van der Waals surface area (Å²) < 4.78 is -0.174. The number of benzene rings is 1. The number of nitrogens with zero attached hydrogens (tertiary/aromatic N) is 4. The summed E-state index contributed by atoms with van der Waals surface area (Å²) in [6, 6.07) is 8.22. The molecule has 2 aliphatic heterocycles. The van der Waals surface area contributed by atoms with Gasteiger partial charge in [0.05, 0.1) is 19.0 Å². The minimum atomic E-state index is -0.535. The van der Waals surface area contributed by atoms with Crippen LogP contribution in [-0.2, 0) is 9.59 Å². The Bertz CT molecular complexity index is 1190. The second-order valence-corrected chi connectivity index (χ2v) is 16.4. The molecule has 0 spiro atoms. The molecule has 0 radical (unpaired) electrons. The number of likely N-dealkylation sites (tertiary alicyclic amines) is 2. The minimum Gasteiger partial charge on any atom is -0.333 e. The van der Waals surface area contributed by atoms with Gasteiger partial charge in [0.2, 0.25) is 5.91 Å². The van der Waals surface area contributed by atoms with Crippen LogP contribution in [0.4, 0.5) is 4.79 Å². The number of hydrogen-bond acceptors (Lipinski definition) is 4. The lowest BCUT2D eigenvalue weighted by atomic mass is 9.75. The molecule has 0 bridgehead atoms. The number of urea groups is 1. The number of imide groups is 1. The maximum atomic E-state index is 15.1. The molecule has 4 atom stereocenters. The maximum Gasteiger partial charge on any atom is 0.426 e. The van der Waals surface area contributed by atoms with Crippen molar-refractivity contribution in [3.05, 3.63) is 34.9 Å². The topological polar surface area (TPSA) is 60.9 Å². The van der Waals surface area contributed by atoms with E-state index in [9.17, 15) is 9.59 Å². The molecular weight excluding hydrogens is 560 g/mol. The summed E-state index contributed by atoms with van der Waals surface area (Å²) in [5.41, 5.74) is 0.863. The summed E-state index contributed by atoms with van der Waals surface area (Å²) >= 11 is 6.25. The Morgan fingerprint density at radius 1 is 0.977 bits per heavy atom. The van der Waals surface area contributed by atoms with E-state index in [1.807, 2.05) is 32.9 Å². The van der Waals surface area contributed by atoms with Crippen molar-refractivity contribution in [3.8, 4) is 0 Å². The van der Waals surface area contributed by atoms with E-state index in [1.165, 1.54) is 12.8 Å². The van der Waals surface area contributed by atoms with Gasteiger partial charge in [-0.3, -0.25) is 14.6 Å². The zero-order valence-corrected chi connectivity index (χ0v) is 28.3.